The van der Waals surface area contributed by atoms with Crippen LogP contribution in [0.25, 0.3) is 0 Å². The van der Waals surface area contributed by atoms with Crippen LogP contribution in [0.4, 0.5) is 0 Å². The Kier molecular flexibility index (Phi) is 26.2. The smallest absolute Gasteiger partial charge is 0.328 e. The molecule has 2 heterocycles. The molecule has 0 bridgehead atoms. The van der Waals surface area contributed by atoms with Crippen LogP contribution in [-0.2, 0) is 75.7 Å². The van der Waals surface area contributed by atoms with Gasteiger partial charge in [-0.15, -0.1) is 0 Å². The Balaban J connectivity index is 1.35. The minimum atomic E-state index is -1.15. The summed E-state index contributed by atoms with van der Waals surface area (Å²) in [6, 6.07) is 19.4. The maximum Gasteiger partial charge on any atom is 0.328 e. The van der Waals surface area contributed by atoms with Gasteiger partial charge in [0.1, 0.15) is 12.1 Å². The molecule has 3 aromatic rings. The summed E-state index contributed by atoms with van der Waals surface area (Å²) < 4.78 is 33.1. The third kappa shape index (κ3) is 19.6. The predicted molar refractivity (Wildman–Crippen MR) is 308 cm³/mol. The van der Waals surface area contributed by atoms with E-state index in [2.05, 4.69) is 31.9 Å². The quantitative estimate of drug-likeness (QED) is 0.0505. The summed E-state index contributed by atoms with van der Waals surface area (Å²) in [6.07, 6.45) is 3.94. The van der Waals surface area contributed by atoms with E-state index in [1.807, 2.05) is 81.4 Å². The average Bonchev–Trinajstić information content (AvgIpc) is 3.57. The van der Waals surface area contributed by atoms with Crippen molar-refractivity contribution in [3.63, 3.8) is 0 Å². The molecule has 0 aromatic heterocycles. The molecule has 2 aliphatic rings. The van der Waals surface area contributed by atoms with Crippen LogP contribution in [0.15, 0.2) is 89.4 Å². The zero-order valence-corrected chi connectivity index (χ0v) is 49.9. The Bertz CT molecular complexity index is 2660. The number of esters is 1. The topological polar surface area (TPSA) is 267 Å². The van der Waals surface area contributed by atoms with Gasteiger partial charge in [-0.05, 0) is 78.6 Å². The number of fused-ring (bicyclic) bond motifs is 1. The maximum atomic E-state index is 14.7. The fraction of sp³-hybridized carbons (Fsp3) is 0.525. The highest BCUT2D eigenvalue weighted by Crippen LogP contribution is 2.41. The molecule has 0 aliphatic carbocycles. The molecular formula is C59H81BrN8O14. The summed E-state index contributed by atoms with van der Waals surface area (Å²) in [5.41, 5.74) is 7.80. The first-order valence-electron chi connectivity index (χ1n) is 27.5. The number of cyclic esters (lactones) is 1. The number of hydrogen-bond donors (Lipinski definition) is 4. The first-order chi connectivity index (χ1) is 39.2. The monoisotopic (exact) mass is 1200 g/mol. The van der Waals surface area contributed by atoms with Crippen molar-refractivity contribution in [2.24, 2.45) is 23.5 Å². The first-order valence-corrected chi connectivity index (χ1v) is 28.3. The molecule has 448 valence electrons. The molecule has 0 unspecified atom stereocenters. The maximum absolute atomic E-state index is 14.7. The molecule has 1 saturated heterocycles. The Morgan fingerprint density at radius 1 is 0.720 bits per heavy atom. The van der Waals surface area contributed by atoms with Crippen LogP contribution in [-0.4, -0.2) is 192 Å². The normalized spacial score (nSPS) is 15.5. The van der Waals surface area contributed by atoms with Crippen LogP contribution in [0.5, 0.6) is 11.5 Å². The van der Waals surface area contributed by atoms with Gasteiger partial charge in [-0.1, -0.05) is 98.2 Å². The van der Waals surface area contributed by atoms with Crippen molar-refractivity contribution < 1.29 is 66.8 Å². The van der Waals surface area contributed by atoms with Crippen LogP contribution in [0.3, 0.4) is 0 Å². The van der Waals surface area contributed by atoms with Crippen molar-refractivity contribution in [3.8, 4) is 11.5 Å². The Labute approximate surface area is 489 Å². The number of rotatable bonds is 33. The number of halogens is 1. The van der Waals surface area contributed by atoms with E-state index in [-0.39, 0.29) is 71.7 Å². The number of amides is 7. The predicted octanol–water partition coefficient (Wildman–Crippen LogP) is 2.98. The van der Waals surface area contributed by atoms with Gasteiger partial charge in [0.25, 0.3) is 0 Å². The number of ether oxygens (including phenoxy) is 6. The fourth-order valence-corrected chi connectivity index (χ4v) is 9.82. The molecule has 0 spiro atoms. The van der Waals surface area contributed by atoms with Gasteiger partial charge in [0, 0.05) is 64.3 Å². The Morgan fingerprint density at radius 3 is 1.87 bits per heavy atom. The van der Waals surface area contributed by atoms with Gasteiger partial charge >= 0.3 is 5.97 Å². The lowest BCUT2D eigenvalue weighted by Crippen LogP contribution is -2.55. The molecule has 5 N–H and O–H groups in total. The van der Waals surface area contributed by atoms with E-state index in [0.717, 1.165) is 15.6 Å². The molecule has 0 saturated carbocycles. The van der Waals surface area contributed by atoms with Crippen molar-refractivity contribution >= 4 is 63.2 Å². The third-order valence-corrected chi connectivity index (χ3v) is 14.8. The van der Waals surface area contributed by atoms with Gasteiger partial charge in [0.15, 0.2) is 11.5 Å². The summed E-state index contributed by atoms with van der Waals surface area (Å²) in [4.78, 5) is 116. The van der Waals surface area contributed by atoms with Gasteiger partial charge in [0.2, 0.25) is 48.1 Å². The number of nitrogens with one attached hydrogen (secondary N) is 3. The fourth-order valence-electron chi connectivity index (χ4n) is 9.55. The first kappa shape index (κ1) is 65.9. The third-order valence-electron chi connectivity index (χ3n) is 14.3. The highest BCUT2D eigenvalue weighted by molar-refractivity contribution is 9.10. The lowest BCUT2D eigenvalue weighted by Gasteiger charge is -2.40. The summed E-state index contributed by atoms with van der Waals surface area (Å²) in [5.74, 6) is -4.71. The van der Waals surface area contributed by atoms with Crippen LogP contribution in [0.1, 0.15) is 57.7 Å². The molecule has 3 aromatic carbocycles. The van der Waals surface area contributed by atoms with E-state index in [0.29, 0.717) is 29.9 Å². The van der Waals surface area contributed by atoms with E-state index in [1.165, 1.54) is 47.0 Å². The largest absolute Gasteiger partial charge is 0.464 e. The van der Waals surface area contributed by atoms with Crippen molar-refractivity contribution in [2.75, 3.05) is 107 Å². The second kappa shape index (κ2) is 32.6. The number of carbonyl (C=O) groups is 8. The molecule has 7 amide bonds. The minimum absolute atomic E-state index is 0.00414. The number of nitrogens with zero attached hydrogens (tertiary/aromatic N) is 4. The molecule has 23 heteroatoms. The molecule has 0 radical (unpaired) electrons. The van der Waals surface area contributed by atoms with E-state index in [9.17, 15) is 38.4 Å². The van der Waals surface area contributed by atoms with Gasteiger partial charge in [-0.25, -0.2) is 4.79 Å². The zero-order chi connectivity index (χ0) is 59.9. The van der Waals surface area contributed by atoms with Crippen LogP contribution in [0.2, 0.25) is 0 Å². The molecular weight excluding hydrogens is 1120 g/mol. The highest BCUT2D eigenvalue weighted by Gasteiger charge is 2.41. The molecule has 2 aliphatic heterocycles. The lowest BCUT2D eigenvalue weighted by atomic mass is 9.73. The number of benzene rings is 3. The number of methoxy groups -OCH3 is 3. The standard InChI is InChI=1S/C59H81BrN8O14/c1-39(2)45(59(5,43-16-20-48-49(33-43)82-38-81-48)64-56(74)46(61)32-42-12-10-9-11-13-42)19-21-50(69)63-55(40(3)4)57(75)68(27-31-79-8)37-54(73)67(26-30-78-7)36-52(71)65(24-22-41-14-17-44(60)18-15-41)35-53(72)66(25-29-77-6)34-51(70)62-47-23-28-80-58(47)76/h9-21,33,39-40,45-47,55H,22-32,34-38,61H2,1-8H3,(H,62,70)(H,63,69)(H,64,74)/b21-19+/t45-,46-,47-,55-,59+/m0/s1. The van der Waals surface area contributed by atoms with Gasteiger partial charge < -0.3 is 69.7 Å². The molecule has 5 rings (SSSR count). The molecule has 82 heavy (non-hydrogen) atoms. The average molecular weight is 1210 g/mol. The van der Waals surface area contributed by atoms with Gasteiger partial charge in [0.05, 0.1) is 64.2 Å². The summed E-state index contributed by atoms with van der Waals surface area (Å²) >= 11 is 3.44. The number of hydrogen-bond acceptors (Lipinski definition) is 15. The Morgan fingerprint density at radius 2 is 1.29 bits per heavy atom. The summed E-state index contributed by atoms with van der Waals surface area (Å²) in [6.45, 7) is 7.61. The van der Waals surface area contributed by atoms with Crippen molar-refractivity contribution in [1.29, 1.82) is 0 Å². The van der Waals surface area contributed by atoms with E-state index >= 15 is 0 Å². The SMILES string of the molecule is COCCN(CC(=O)N[C@H]1CCOC1=O)C(=O)CN(CCc1ccc(Br)cc1)C(=O)CN(CCOC)C(=O)CN(CCOC)C(=O)[C@@H](NC(=O)/C=C/[C@@H](C(C)C)[C@](C)(NC(=O)[C@@H](N)Cc1ccccc1)c1ccc2c(c1)OCO2)C(C)C. The number of carbonyl (C=O) groups excluding carboxylic acids is 8. The van der Waals surface area contributed by atoms with E-state index in [1.54, 1.807) is 32.1 Å². The number of nitrogens with two attached hydrogens (primary N) is 1. The zero-order valence-electron chi connectivity index (χ0n) is 48.3. The summed E-state index contributed by atoms with van der Waals surface area (Å²) in [7, 11) is 4.32. The molecule has 1 fully saturated rings. The lowest BCUT2D eigenvalue weighted by molar-refractivity contribution is -0.148. The highest BCUT2D eigenvalue weighted by atomic mass is 79.9. The molecule has 22 nitrogen and oxygen atoms in total. The van der Waals surface area contributed by atoms with E-state index < -0.39 is 109 Å². The second-order valence-electron chi connectivity index (χ2n) is 21.1. The molecule has 5 atom stereocenters. The van der Waals surface area contributed by atoms with Crippen LogP contribution < -0.4 is 31.2 Å². The second-order valence-corrected chi connectivity index (χ2v) is 22.0. The Hall–Kier alpha value is -6.92. The minimum Gasteiger partial charge on any atom is -0.464 e. The summed E-state index contributed by atoms with van der Waals surface area (Å²) in [5, 5.41) is 8.69. The van der Waals surface area contributed by atoms with Gasteiger partial charge in [-0.3, -0.25) is 33.6 Å². The van der Waals surface area contributed by atoms with Gasteiger partial charge in [-0.2, -0.15) is 0 Å². The van der Waals surface area contributed by atoms with Crippen LogP contribution in [0, 0.1) is 17.8 Å². The van der Waals surface area contributed by atoms with Crippen molar-refractivity contribution in [2.45, 2.75) is 77.5 Å². The van der Waals surface area contributed by atoms with Crippen molar-refractivity contribution in [3.05, 3.63) is 106 Å². The van der Waals surface area contributed by atoms with E-state index in [4.69, 9.17) is 34.2 Å². The van der Waals surface area contributed by atoms with Crippen LogP contribution >= 0.6 is 15.9 Å². The van der Waals surface area contributed by atoms with Crippen molar-refractivity contribution in [1.82, 2.24) is 35.6 Å².